The molecule has 2 aromatic rings. The van der Waals surface area contributed by atoms with E-state index < -0.39 is 0 Å². The van der Waals surface area contributed by atoms with Crippen LogP contribution in [0.5, 0.6) is 0 Å². The van der Waals surface area contributed by atoms with Crippen LogP contribution < -0.4 is 0 Å². The summed E-state index contributed by atoms with van der Waals surface area (Å²) in [6.45, 7) is 6.38. The van der Waals surface area contributed by atoms with Crippen molar-refractivity contribution in [3.8, 4) is 0 Å². The van der Waals surface area contributed by atoms with Crippen molar-refractivity contribution in [2.24, 2.45) is 0 Å². The Balaban J connectivity index is 2.76. The zero-order valence-electron chi connectivity index (χ0n) is 8.58. The Morgan fingerprint density at radius 1 is 1.29 bits per heavy atom. The molecule has 0 spiro atoms. The van der Waals surface area contributed by atoms with Gasteiger partial charge in [-0.1, -0.05) is 17.7 Å². The molecule has 2 rings (SSSR count). The standard InChI is InChI=1S/C11H13ClN2/c1-11(2,3)14-10-6-4-5-9(12)8(10)7-13-14/h4-7H,1-3H3. The van der Waals surface area contributed by atoms with E-state index in [-0.39, 0.29) is 5.54 Å². The summed E-state index contributed by atoms with van der Waals surface area (Å²) in [7, 11) is 0. The quantitative estimate of drug-likeness (QED) is 0.649. The first-order valence-corrected chi connectivity index (χ1v) is 5.01. The van der Waals surface area contributed by atoms with Gasteiger partial charge >= 0.3 is 0 Å². The van der Waals surface area contributed by atoms with Gasteiger partial charge in [-0.2, -0.15) is 5.10 Å². The minimum Gasteiger partial charge on any atom is -0.260 e. The number of hydrogen-bond donors (Lipinski definition) is 0. The number of rotatable bonds is 0. The Labute approximate surface area is 88.5 Å². The van der Waals surface area contributed by atoms with Crippen molar-refractivity contribution in [3.63, 3.8) is 0 Å². The summed E-state index contributed by atoms with van der Waals surface area (Å²) in [5.41, 5.74) is 1.08. The largest absolute Gasteiger partial charge is 0.260 e. The van der Waals surface area contributed by atoms with Crippen LogP contribution in [0.25, 0.3) is 10.9 Å². The molecule has 1 aromatic heterocycles. The molecule has 0 aliphatic heterocycles. The van der Waals surface area contributed by atoms with Gasteiger partial charge in [-0.05, 0) is 32.9 Å². The molecule has 0 atom stereocenters. The van der Waals surface area contributed by atoms with Crippen LogP contribution in [-0.4, -0.2) is 9.78 Å². The van der Waals surface area contributed by atoms with Gasteiger partial charge in [0.25, 0.3) is 0 Å². The van der Waals surface area contributed by atoms with Crippen LogP contribution in [0.4, 0.5) is 0 Å². The Hall–Kier alpha value is -1.02. The molecule has 0 aliphatic carbocycles. The fourth-order valence-electron chi connectivity index (χ4n) is 1.55. The lowest BCUT2D eigenvalue weighted by Gasteiger charge is -2.20. The fraction of sp³-hybridized carbons (Fsp3) is 0.364. The Kier molecular flexibility index (Phi) is 2.04. The molecule has 3 heteroatoms. The Morgan fingerprint density at radius 3 is 2.64 bits per heavy atom. The Morgan fingerprint density at radius 2 is 2.00 bits per heavy atom. The van der Waals surface area contributed by atoms with E-state index in [1.165, 1.54) is 0 Å². The van der Waals surface area contributed by atoms with Gasteiger partial charge in [0.15, 0.2) is 0 Å². The molecule has 0 unspecified atom stereocenters. The molecule has 14 heavy (non-hydrogen) atoms. The number of benzene rings is 1. The van der Waals surface area contributed by atoms with Gasteiger partial charge in [-0.15, -0.1) is 0 Å². The summed E-state index contributed by atoms with van der Waals surface area (Å²) in [5.74, 6) is 0. The highest BCUT2D eigenvalue weighted by molar-refractivity contribution is 6.35. The number of hydrogen-bond acceptors (Lipinski definition) is 1. The third-order valence-electron chi connectivity index (χ3n) is 2.20. The first-order chi connectivity index (χ1) is 6.50. The number of nitrogens with zero attached hydrogens (tertiary/aromatic N) is 2. The maximum Gasteiger partial charge on any atom is 0.0703 e. The van der Waals surface area contributed by atoms with E-state index in [0.29, 0.717) is 0 Å². The second kappa shape index (κ2) is 2.99. The van der Waals surface area contributed by atoms with Crippen LogP contribution in [0.2, 0.25) is 5.02 Å². The summed E-state index contributed by atoms with van der Waals surface area (Å²) >= 11 is 6.07. The van der Waals surface area contributed by atoms with E-state index in [1.54, 1.807) is 0 Å². The van der Waals surface area contributed by atoms with Crippen LogP contribution in [0.1, 0.15) is 20.8 Å². The molecule has 0 amide bonds. The lowest BCUT2D eigenvalue weighted by Crippen LogP contribution is -2.22. The summed E-state index contributed by atoms with van der Waals surface area (Å²) in [4.78, 5) is 0. The van der Waals surface area contributed by atoms with Crippen molar-refractivity contribution >= 4 is 22.5 Å². The minimum absolute atomic E-state index is 0.00751. The maximum absolute atomic E-state index is 6.07. The first kappa shape index (κ1) is 9.53. The monoisotopic (exact) mass is 208 g/mol. The average Bonchev–Trinajstić information content (AvgIpc) is 2.47. The highest BCUT2D eigenvalue weighted by Crippen LogP contribution is 2.26. The van der Waals surface area contributed by atoms with E-state index in [1.807, 2.05) is 29.1 Å². The highest BCUT2D eigenvalue weighted by Gasteiger charge is 2.17. The molecule has 0 fully saturated rings. The van der Waals surface area contributed by atoms with Crippen LogP contribution in [0, 0.1) is 0 Å². The van der Waals surface area contributed by atoms with E-state index in [0.717, 1.165) is 15.9 Å². The van der Waals surface area contributed by atoms with Gasteiger partial charge in [0.2, 0.25) is 0 Å². The number of fused-ring (bicyclic) bond motifs is 1. The molecule has 74 valence electrons. The van der Waals surface area contributed by atoms with Gasteiger partial charge in [0, 0.05) is 5.39 Å². The second-order valence-corrected chi connectivity index (χ2v) is 4.81. The molecule has 0 aliphatic rings. The summed E-state index contributed by atoms with van der Waals surface area (Å²) in [6.07, 6.45) is 1.82. The van der Waals surface area contributed by atoms with Gasteiger partial charge in [-0.3, -0.25) is 4.68 Å². The zero-order chi connectivity index (χ0) is 10.3. The molecule has 0 radical (unpaired) electrons. The van der Waals surface area contributed by atoms with Crippen LogP contribution in [-0.2, 0) is 5.54 Å². The molecule has 0 N–H and O–H groups in total. The SMILES string of the molecule is CC(C)(C)n1ncc2c(Cl)cccc21. The van der Waals surface area contributed by atoms with E-state index >= 15 is 0 Å². The molecular formula is C11H13ClN2. The molecule has 1 aromatic carbocycles. The molecule has 0 saturated carbocycles. The average molecular weight is 209 g/mol. The van der Waals surface area contributed by atoms with E-state index in [9.17, 15) is 0 Å². The van der Waals surface area contributed by atoms with Crippen molar-refractivity contribution in [2.75, 3.05) is 0 Å². The molecule has 2 nitrogen and oxygen atoms in total. The van der Waals surface area contributed by atoms with Gasteiger partial charge in [0.1, 0.15) is 0 Å². The summed E-state index contributed by atoms with van der Waals surface area (Å²) in [5, 5.41) is 6.14. The van der Waals surface area contributed by atoms with Gasteiger partial charge in [-0.25, -0.2) is 0 Å². The van der Waals surface area contributed by atoms with Crippen molar-refractivity contribution in [3.05, 3.63) is 29.4 Å². The van der Waals surface area contributed by atoms with Crippen molar-refractivity contribution in [2.45, 2.75) is 26.3 Å². The fourth-order valence-corrected chi connectivity index (χ4v) is 1.77. The topological polar surface area (TPSA) is 17.8 Å². The van der Waals surface area contributed by atoms with Crippen LogP contribution in [0.3, 0.4) is 0 Å². The van der Waals surface area contributed by atoms with Gasteiger partial charge in [0.05, 0.1) is 22.3 Å². The lowest BCUT2D eigenvalue weighted by molar-refractivity contribution is 0.368. The minimum atomic E-state index is -0.00751. The maximum atomic E-state index is 6.07. The van der Waals surface area contributed by atoms with Crippen molar-refractivity contribution in [1.82, 2.24) is 9.78 Å². The van der Waals surface area contributed by atoms with Crippen molar-refractivity contribution < 1.29 is 0 Å². The number of aromatic nitrogens is 2. The van der Waals surface area contributed by atoms with E-state index in [4.69, 9.17) is 11.6 Å². The smallest absolute Gasteiger partial charge is 0.0703 e. The van der Waals surface area contributed by atoms with E-state index in [2.05, 4.69) is 25.9 Å². The first-order valence-electron chi connectivity index (χ1n) is 4.63. The number of halogens is 1. The zero-order valence-corrected chi connectivity index (χ0v) is 9.34. The van der Waals surface area contributed by atoms with Crippen molar-refractivity contribution in [1.29, 1.82) is 0 Å². The third-order valence-corrected chi connectivity index (χ3v) is 2.53. The second-order valence-electron chi connectivity index (χ2n) is 4.40. The summed E-state index contributed by atoms with van der Waals surface area (Å²) < 4.78 is 1.99. The lowest BCUT2D eigenvalue weighted by atomic mass is 10.1. The highest BCUT2D eigenvalue weighted by atomic mass is 35.5. The predicted molar refractivity (Wildman–Crippen MR) is 59.7 cm³/mol. The summed E-state index contributed by atoms with van der Waals surface area (Å²) in [6, 6.07) is 5.88. The third kappa shape index (κ3) is 1.40. The van der Waals surface area contributed by atoms with Crippen LogP contribution in [0.15, 0.2) is 24.4 Å². The predicted octanol–water partition coefficient (Wildman–Crippen LogP) is 3.44. The molecular weight excluding hydrogens is 196 g/mol. The van der Waals surface area contributed by atoms with Gasteiger partial charge < -0.3 is 0 Å². The van der Waals surface area contributed by atoms with Crippen LogP contribution >= 0.6 is 11.6 Å². The molecule has 0 saturated heterocycles. The normalized spacial score (nSPS) is 12.3. The molecule has 0 bridgehead atoms. The Bertz CT molecular complexity index is 466. The molecule has 1 heterocycles.